The van der Waals surface area contributed by atoms with Crippen LogP contribution in [-0.4, -0.2) is 0 Å². The Bertz CT molecular complexity index is 529. The monoisotopic (exact) mass is 392 g/mol. The van der Waals surface area contributed by atoms with Crippen LogP contribution in [0.1, 0.15) is 26.3 Å². The first kappa shape index (κ1) is 13.6. The molecular formula is C13H11Br2ClS. The summed E-state index contributed by atoms with van der Waals surface area (Å²) < 4.78 is 2.24. The lowest BCUT2D eigenvalue weighted by atomic mass is 10.0. The standard InChI is InChI=1S/C13H11Br2ClS/c1-7-9(4-3-5-10(7)14)13(16)12-6-11(15)8(2)17-12/h3-6,13H,1-2H3. The molecule has 2 rings (SSSR count). The Morgan fingerprint density at radius 1 is 1.18 bits per heavy atom. The average Bonchev–Trinajstić information content (AvgIpc) is 2.62. The summed E-state index contributed by atoms with van der Waals surface area (Å²) in [5, 5.41) is -0.0810. The zero-order valence-corrected chi connectivity index (χ0v) is 14.2. The molecule has 0 fully saturated rings. The zero-order chi connectivity index (χ0) is 12.6. The maximum absolute atomic E-state index is 6.56. The van der Waals surface area contributed by atoms with E-state index in [0.29, 0.717) is 0 Å². The molecule has 0 saturated heterocycles. The van der Waals surface area contributed by atoms with Crippen molar-refractivity contribution in [2.75, 3.05) is 0 Å². The smallest absolute Gasteiger partial charge is 0.0931 e. The van der Waals surface area contributed by atoms with Crippen molar-refractivity contribution in [2.24, 2.45) is 0 Å². The van der Waals surface area contributed by atoms with Crippen LogP contribution < -0.4 is 0 Å². The van der Waals surface area contributed by atoms with E-state index in [4.69, 9.17) is 11.6 Å². The Labute approximate surface area is 127 Å². The highest BCUT2D eigenvalue weighted by atomic mass is 79.9. The van der Waals surface area contributed by atoms with Gasteiger partial charge < -0.3 is 0 Å². The first-order valence-corrected chi connectivity index (χ1v) is 7.99. The Kier molecular flexibility index (Phi) is 4.35. The summed E-state index contributed by atoms with van der Waals surface area (Å²) in [6, 6.07) is 8.26. The van der Waals surface area contributed by atoms with Crippen LogP contribution in [-0.2, 0) is 0 Å². The normalized spacial score (nSPS) is 12.8. The molecule has 0 spiro atoms. The van der Waals surface area contributed by atoms with Gasteiger partial charge in [0, 0.05) is 18.7 Å². The third-order valence-electron chi connectivity index (χ3n) is 2.71. The predicted octanol–water partition coefficient (Wildman–Crippen LogP) is 6.22. The third kappa shape index (κ3) is 2.78. The van der Waals surface area contributed by atoms with Crippen LogP contribution in [0.4, 0.5) is 0 Å². The molecular weight excluding hydrogens is 383 g/mol. The van der Waals surface area contributed by atoms with Crippen LogP contribution in [0.2, 0.25) is 0 Å². The van der Waals surface area contributed by atoms with E-state index in [0.717, 1.165) is 14.5 Å². The molecule has 0 aliphatic heterocycles. The molecule has 0 bridgehead atoms. The van der Waals surface area contributed by atoms with E-state index in [1.54, 1.807) is 11.3 Å². The summed E-state index contributed by atoms with van der Waals surface area (Å²) in [5.74, 6) is 0. The summed E-state index contributed by atoms with van der Waals surface area (Å²) >= 11 is 15.4. The van der Waals surface area contributed by atoms with Crippen molar-refractivity contribution in [3.8, 4) is 0 Å². The summed E-state index contributed by atoms with van der Waals surface area (Å²) in [7, 11) is 0. The van der Waals surface area contributed by atoms with Crippen LogP contribution in [0.15, 0.2) is 33.2 Å². The number of aryl methyl sites for hydroxylation is 1. The van der Waals surface area contributed by atoms with E-state index in [-0.39, 0.29) is 5.38 Å². The minimum absolute atomic E-state index is 0.0810. The lowest BCUT2D eigenvalue weighted by Gasteiger charge is -2.12. The van der Waals surface area contributed by atoms with Crippen molar-refractivity contribution in [3.63, 3.8) is 0 Å². The van der Waals surface area contributed by atoms with E-state index in [2.05, 4.69) is 57.8 Å². The van der Waals surface area contributed by atoms with Gasteiger partial charge >= 0.3 is 0 Å². The quantitative estimate of drug-likeness (QED) is 0.531. The van der Waals surface area contributed by atoms with Gasteiger partial charge in [0.25, 0.3) is 0 Å². The molecule has 0 N–H and O–H groups in total. The van der Waals surface area contributed by atoms with E-state index >= 15 is 0 Å². The first-order valence-electron chi connectivity index (χ1n) is 5.15. The Morgan fingerprint density at radius 2 is 1.88 bits per heavy atom. The van der Waals surface area contributed by atoms with E-state index in [1.807, 2.05) is 12.1 Å². The van der Waals surface area contributed by atoms with E-state index < -0.39 is 0 Å². The number of halogens is 3. The van der Waals surface area contributed by atoms with Crippen molar-refractivity contribution < 1.29 is 0 Å². The van der Waals surface area contributed by atoms with Crippen molar-refractivity contribution in [3.05, 3.63) is 54.1 Å². The van der Waals surface area contributed by atoms with E-state index in [1.165, 1.54) is 15.3 Å². The van der Waals surface area contributed by atoms with Crippen LogP contribution in [0, 0.1) is 13.8 Å². The van der Waals surface area contributed by atoms with Crippen molar-refractivity contribution in [2.45, 2.75) is 19.2 Å². The molecule has 90 valence electrons. The molecule has 0 amide bonds. The molecule has 2 aromatic rings. The van der Waals surface area contributed by atoms with E-state index in [9.17, 15) is 0 Å². The van der Waals surface area contributed by atoms with Crippen molar-refractivity contribution >= 4 is 54.8 Å². The molecule has 0 nitrogen and oxygen atoms in total. The Hall–Kier alpha value is 0.170. The molecule has 0 aliphatic carbocycles. The summed E-state index contributed by atoms with van der Waals surface area (Å²) in [6.07, 6.45) is 0. The molecule has 1 atom stereocenters. The van der Waals surface area contributed by atoms with Gasteiger partial charge in [0.05, 0.1) is 5.38 Å². The van der Waals surface area contributed by atoms with Gasteiger partial charge in [-0.2, -0.15) is 0 Å². The number of alkyl halides is 1. The minimum atomic E-state index is -0.0810. The Balaban J connectivity index is 2.43. The molecule has 1 unspecified atom stereocenters. The molecule has 0 radical (unpaired) electrons. The number of hydrogen-bond donors (Lipinski definition) is 0. The second-order valence-corrected chi connectivity index (χ2v) is 7.30. The SMILES string of the molecule is Cc1sc(C(Cl)c2cccc(Br)c2C)cc1Br. The fourth-order valence-corrected chi connectivity index (χ4v) is 4.03. The number of thiophene rings is 1. The second kappa shape index (κ2) is 5.43. The lowest BCUT2D eigenvalue weighted by Crippen LogP contribution is -1.94. The Morgan fingerprint density at radius 3 is 2.47 bits per heavy atom. The van der Waals surface area contributed by atoms with Gasteiger partial charge in [-0.15, -0.1) is 22.9 Å². The maximum Gasteiger partial charge on any atom is 0.0931 e. The van der Waals surface area contributed by atoms with Gasteiger partial charge in [0.1, 0.15) is 0 Å². The molecule has 1 aromatic carbocycles. The fourth-order valence-electron chi connectivity index (χ4n) is 1.66. The minimum Gasteiger partial charge on any atom is -0.143 e. The topological polar surface area (TPSA) is 0 Å². The number of benzene rings is 1. The molecule has 4 heteroatoms. The maximum atomic E-state index is 6.56. The van der Waals surface area contributed by atoms with Gasteiger partial charge in [0.15, 0.2) is 0 Å². The zero-order valence-electron chi connectivity index (χ0n) is 9.43. The van der Waals surface area contributed by atoms with Gasteiger partial charge in [-0.1, -0.05) is 28.1 Å². The van der Waals surface area contributed by atoms with Crippen LogP contribution in [0.25, 0.3) is 0 Å². The lowest BCUT2D eigenvalue weighted by molar-refractivity contribution is 1.14. The molecule has 1 heterocycles. The molecule has 17 heavy (non-hydrogen) atoms. The predicted molar refractivity (Wildman–Crippen MR) is 83.3 cm³/mol. The summed E-state index contributed by atoms with van der Waals surface area (Å²) in [4.78, 5) is 2.44. The van der Waals surface area contributed by atoms with Gasteiger partial charge in [-0.3, -0.25) is 0 Å². The van der Waals surface area contributed by atoms with Gasteiger partial charge in [0.2, 0.25) is 0 Å². The fraction of sp³-hybridized carbons (Fsp3) is 0.231. The average molecular weight is 395 g/mol. The number of hydrogen-bond acceptors (Lipinski definition) is 1. The van der Waals surface area contributed by atoms with Crippen molar-refractivity contribution in [1.82, 2.24) is 0 Å². The summed E-state index contributed by atoms with van der Waals surface area (Å²) in [6.45, 7) is 4.18. The van der Waals surface area contributed by atoms with Gasteiger partial charge in [-0.25, -0.2) is 0 Å². The van der Waals surface area contributed by atoms with Crippen LogP contribution in [0.5, 0.6) is 0 Å². The first-order chi connectivity index (χ1) is 8.00. The second-order valence-electron chi connectivity index (χ2n) is 3.87. The third-order valence-corrected chi connectivity index (χ3v) is 6.37. The van der Waals surface area contributed by atoms with Crippen molar-refractivity contribution in [1.29, 1.82) is 0 Å². The largest absolute Gasteiger partial charge is 0.143 e. The highest BCUT2D eigenvalue weighted by Crippen LogP contribution is 2.39. The van der Waals surface area contributed by atoms with Crippen LogP contribution >= 0.6 is 54.8 Å². The van der Waals surface area contributed by atoms with Crippen LogP contribution in [0.3, 0.4) is 0 Å². The molecule has 0 aliphatic rings. The van der Waals surface area contributed by atoms with Gasteiger partial charge in [-0.05, 0) is 53.0 Å². The highest BCUT2D eigenvalue weighted by Gasteiger charge is 2.17. The molecule has 1 aromatic heterocycles. The summed E-state index contributed by atoms with van der Waals surface area (Å²) in [5.41, 5.74) is 2.37. The number of rotatable bonds is 2. The molecule has 0 saturated carbocycles. The highest BCUT2D eigenvalue weighted by molar-refractivity contribution is 9.10.